The van der Waals surface area contributed by atoms with E-state index in [1.807, 2.05) is 5.32 Å². The second-order valence-electron chi connectivity index (χ2n) is 5.67. The molecule has 0 radical (unpaired) electrons. The molecule has 6 heteroatoms. The highest BCUT2D eigenvalue weighted by molar-refractivity contribution is 7.13. The zero-order valence-electron chi connectivity index (χ0n) is 24.8. The zero-order valence-corrected chi connectivity index (χ0v) is 15.6. The Kier molecular flexibility index (Phi) is 3.84. The van der Waals surface area contributed by atoms with Gasteiger partial charge in [0.05, 0.1) is 26.4 Å². The zero-order chi connectivity index (χ0) is 28.6. The Bertz CT molecular complexity index is 1320. The number of anilines is 2. The quantitative estimate of drug-likeness (QED) is 0.494. The van der Waals surface area contributed by atoms with E-state index < -0.39 is 71.2 Å². The van der Waals surface area contributed by atoms with Gasteiger partial charge in [-0.25, -0.2) is 4.98 Å². The molecule has 0 unspecified atom stereocenters. The van der Waals surface area contributed by atoms with Crippen LogP contribution in [-0.4, -0.2) is 16.0 Å². The van der Waals surface area contributed by atoms with Crippen LogP contribution in [0.2, 0.25) is 0 Å². The minimum absolute atomic E-state index is 0.0215. The van der Waals surface area contributed by atoms with Crippen molar-refractivity contribution < 1.29 is 23.6 Å². The third kappa shape index (κ3) is 6.18. The third-order valence-corrected chi connectivity index (χ3v) is 4.16. The van der Waals surface area contributed by atoms with Crippen LogP contribution in [0.15, 0.2) is 59.9 Å². The Morgan fingerprint density at radius 3 is 2.71 bits per heavy atom. The van der Waals surface area contributed by atoms with E-state index in [9.17, 15) is 9.90 Å². The average Bonchev–Trinajstić information content (AvgIpc) is 3.19. The minimum Gasteiger partial charge on any atom is -0.388 e. The summed E-state index contributed by atoms with van der Waals surface area (Å²) in [7, 11) is 0. The number of nitrogens with two attached hydrogens (primary N) is 1. The van der Waals surface area contributed by atoms with Crippen molar-refractivity contribution in [1.29, 1.82) is 0 Å². The highest BCUT2D eigenvalue weighted by Crippen LogP contribution is 2.20. The Morgan fingerprint density at radius 2 is 2.04 bits per heavy atom. The Hall–Kier alpha value is -2.70. The number of carbonyl (C=O) groups is 1. The Morgan fingerprint density at radius 1 is 1.29 bits per heavy atom. The number of nitrogens with one attached hydrogen (secondary N) is 1. The number of carbonyl (C=O) groups excluding carboxylic acids is 1. The molecule has 3 rings (SSSR count). The number of hydrogen-bond acceptors (Lipinski definition) is 5. The van der Waals surface area contributed by atoms with Gasteiger partial charge in [0.25, 0.3) is 0 Å². The van der Waals surface area contributed by atoms with Gasteiger partial charge in [-0.05, 0) is 42.4 Å². The number of benzene rings is 2. The lowest BCUT2D eigenvalue weighted by atomic mass is 10.0. The molecule has 0 bridgehead atoms. The van der Waals surface area contributed by atoms with Gasteiger partial charge >= 0.3 is 0 Å². The number of hydrogen-bond donors (Lipinski definition) is 3. The number of nitrogens with zero attached hydrogens (tertiary/aromatic N) is 1. The third-order valence-electron chi connectivity index (χ3n) is 3.57. The van der Waals surface area contributed by atoms with E-state index in [4.69, 9.17) is 19.4 Å². The molecule has 28 heavy (non-hydrogen) atoms. The van der Waals surface area contributed by atoms with E-state index in [-0.39, 0.29) is 24.4 Å². The summed E-state index contributed by atoms with van der Waals surface area (Å²) in [6, 6.07) is 5.04. The second-order valence-corrected chi connectivity index (χ2v) is 6.50. The lowest BCUT2D eigenvalue weighted by molar-refractivity contribution is -0.115. The van der Waals surface area contributed by atoms with Gasteiger partial charge in [-0.3, -0.25) is 4.79 Å². The van der Waals surface area contributed by atoms with Crippen molar-refractivity contribution in [3.63, 3.8) is 0 Å². The highest BCUT2D eigenvalue weighted by Gasteiger charge is 2.08. The number of nitrogen functional groups attached to an aromatic ring is 1. The summed E-state index contributed by atoms with van der Waals surface area (Å²) in [5.41, 5.74) is 4.01. The molecule has 0 aliphatic rings. The van der Waals surface area contributed by atoms with Crippen LogP contribution < -0.4 is 11.1 Å². The smallest absolute Gasteiger partial charge is 0.230 e. The van der Waals surface area contributed by atoms with Crippen molar-refractivity contribution in [2.45, 2.75) is 38.1 Å². The lowest BCUT2D eigenvalue weighted by Gasteiger charge is -2.10. The average molecular weight is 406 g/mol. The fourth-order valence-electron chi connectivity index (χ4n) is 2.27. The fourth-order valence-corrected chi connectivity index (χ4v) is 2.70. The van der Waals surface area contributed by atoms with Crippen molar-refractivity contribution in [1.82, 2.24) is 4.98 Å². The van der Waals surface area contributed by atoms with Gasteiger partial charge in [0.1, 0.15) is 0 Å². The Labute approximate surface area is 183 Å². The molecule has 3 aromatic rings. The number of amides is 1. The van der Waals surface area contributed by atoms with Crippen LogP contribution in [0.1, 0.15) is 55.9 Å². The Balaban J connectivity index is 1.85. The predicted octanol–water partition coefficient (Wildman–Crippen LogP) is 4.35. The largest absolute Gasteiger partial charge is 0.388 e. The molecule has 0 spiro atoms. The van der Waals surface area contributed by atoms with Crippen LogP contribution >= 0.6 is 11.3 Å². The summed E-state index contributed by atoms with van der Waals surface area (Å²) in [5.74, 6) is -1.40. The van der Waals surface area contributed by atoms with Gasteiger partial charge < -0.3 is 16.2 Å². The van der Waals surface area contributed by atoms with E-state index in [1.54, 1.807) is 30.3 Å². The van der Waals surface area contributed by atoms with Gasteiger partial charge in [0, 0.05) is 16.5 Å². The normalized spacial score (nSPS) is 19.2. The molecule has 146 valence electrons. The molecule has 4 N–H and O–H groups in total. The number of aliphatic hydroxyl groups is 1. The highest BCUT2D eigenvalue weighted by atomic mass is 32.1. The van der Waals surface area contributed by atoms with Gasteiger partial charge in [-0.2, -0.15) is 0 Å². The first kappa shape index (κ1) is 10.7. The van der Waals surface area contributed by atoms with Crippen molar-refractivity contribution in [3.05, 3.63) is 76.7 Å². The summed E-state index contributed by atoms with van der Waals surface area (Å²) in [6.45, 7) is 0. The maximum absolute atomic E-state index is 12.7. The molecule has 5 nitrogen and oxygen atoms in total. The van der Waals surface area contributed by atoms with Crippen LogP contribution in [0.5, 0.6) is 0 Å². The summed E-state index contributed by atoms with van der Waals surface area (Å²) < 4.78 is 82.0. The van der Waals surface area contributed by atoms with Gasteiger partial charge in [-0.15, -0.1) is 11.3 Å². The molecule has 1 heterocycles. The van der Waals surface area contributed by atoms with E-state index in [0.717, 1.165) is 0 Å². The van der Waals surface area contributed by atoms with Crippen LogP contribution in [0.25, 0.3) is 0 Å². The lowest BCUT2D eigenvalue weighted by Crippen LogP contribution is -2.14. The number of thiazole rings is 1. The molecule has 0 fully saturated rings. The maximum atomic E-state index is 12.7. The van der Waals surface area contributed by atoms with E-state index in [2.05, 4.69) is 4.98 Å². The molecule has 0 saturated carbocycles. The number of rotatable bonds is 9. The van der Waals surface area contributed by atoms with Gasteiger partial charge in [-0.1, -0.05) is 48.8 Å². The molecule has 0 aliphatic carbocycles. The van der Waals surface area contributed by atoms with Crippen LogP contribution in [0, 0.1) is 0 Å². The van der Waals surface area contributed by atoms with Crippen molar-refractivity contribution in [3.8, 4) is 0 Å². The SMILES string of the molecule is [2H]c1sc(N)nc1C([2H])([2H])C(=O)Nc1c([2H])c([2H])c(C([2H])([2H])CCC[C@]([2H])(O)c2ccccc2)c([2H])c1[2H]. The minimum atomic E-state index is -2.88. The topological polar surface area (TPSA) is 88.2 Å². The van der Waals surface area contributed by atoms with Crippen molar-refractivity contribution in [2.75, 3.05) is 11.1 Å². The maximum Gasteiger partial charge on any atom is 0.230 e. The monoisotopic (exact) mass is 405 g/mol. The van der Waals surface area contributed by atoms with Crippen molar-refractivity contribution >= 4 is 28.1 Å². The number of aromatic nitrogens is 1. The van der Waals surface area contributed by atoms with E-state index >= 15 is 0 Å². The van der Waals surface area contributed by atoms with Gasteiger partial charge in [0.2, 0.25) is 5.91 Å². The summed E-state index contributed by atoms with van der Waals surface area (Å²) in [6.07, 6.45) is -7.76. The summed E-state index contributed by atoms with van der Waals surface area (Å²) >= 11 is 0.652. The van der Waals surface area contributed by atoms with Crippen LogP contribution in [0.3, 0.4) is 0 Å². The fraction of sp³-hybridized carbons (Fsp3) is 0.273. The first-order valence-corrected chi connectivity index (χ1v) is 9.26. The van der Waals surface area contributed by atoms with Crippen LogP contribution in [0.4, 0.5) is 10.8 Å². The summed E-state index contributed by atoms with van der Waals surface area (Å²) in [4.78, 5) is 16.4. The molecule has 0 saturated heterocycles. The predicted molar refractivity (Wildman–Crippen MR) is 114 cm³/mol. The van der Waals surface area contributed by atoms with Crippen molar-refractivity contribution in [2.24, 2.45) is 0 Å². The second kappa shape index (κ2) is 10.0. The molecular weight excluding hydrogens is 370 g/mol. The first-order valence-electron chi connectivity index (χ1n) is 13.4. The molecule has 1 amide bonds. The molecular formula is C22H25N3O2S. The molecule has 1 aromatic heterocycles. The first-order chi connectivity index (χ1) is 17.5. The van der Waals surface area contributed by atoms with E-state index in [0.29, 0.717) is 16.9 Å². The van der Waals surface area contributed by atoms with Gasteiger partial charge in [0.15, 0.2) is 5.13 Å². The molecule has 2 aromatic carbocycles. The standard InChI is InChI=1S/C22H25N3O2S/c23-22-25-19(15-28-22)14-21(27)24-18-12-10-16(11-13-18)6-4-5-9-20(26)17-7-2-1-3-8-17/h1-3,7-8,10-13,15,20,26H,4-6,9,14H2,(H2,23,25)(H,24,27)/t20-/m0/s1/i6D2,10D,11D,12D,13D,14D2,15D,20D. The van der Waals surface area contributed by atoms with E-state index in [1.165, 1.54) is 0 Å². The molecule has 0 aliphatic heterocycles. The molecule has 1 atom stereocenters. The summed E-state index contributed by atoms with van der Waals surface area (Å²) in [5, 5.41) is 12.0. The van der Waals surface area contributed by atoms with Crippen LogP contribution in [-0.2, 0) is 17.5 Å².